The van der Waals surface area contributed by atoms with Gasteiger partial charge in [-0.15, -0.1) is 17.8 Å². The number of likely N-dealkylation sites (N-methyl/N-ethyl adjacent to an activating group) is 1. The maximum atomic E-state index is 12.3. The molecule has 2 rings (SSSR count). The molecule has 0 bridgehead atoms. The zero-order valence-corrected chi connectivity index (χ0v) is 12.6. The van der Waals surface area contributed by atoms with E-state index >= 15 is 0 Å². The fourth-order valence-electron chi connectivity index (χ4n) is 2.46. The first-order valence-electron chi connectivity index (χ1n) is 6.85. The Balaban J connectivity index is 1.92. The van der Waals surface area contributed by atoms with Crippen molar-refractivity contribution in [3.05, 3.63) is 34.5 Å². The second-order valence-corrected chi connectivity index (χ2v) is 5.99. The SMILES string of the molecule is C#CCN(C)C/C=C/C(=O)N1CCCC1c1cccs1. The van der Waals surface area contributed by atoms with Gasteiger partial charge in [-0.1, -0.05) is 18.1 Å². The number of carbonyl (C=O) groups is 1. The van der Waals surface area contributed by atoms with E-state index in [0.29, 0.717) is 13.1 Å². The molecular formula is C16H20N2OS. The average Bonchev–Trinajstić information content (AvgIpc) is 3.09. The monoisotopic (exact) mass is 288 g/mol. The molecule has 0 radical (unpaired) electrons. The third kappa shape index (κ3) is 3.72. The summed E-state index contributed by atoms with van der Waals surface area (Å²) in [4.78, 5) is 17.5. The van der Waals surface area contributed by atoms with Crippen LogP contribution in [0.2, 0.25) is 0 Å². The van der Waals surface area contributed by atoms with Gasteiger partial charge in [0.05, 0.1) is 12.6 Å². The zero-order valence-electron chi connectivity index (χ0n) is 11.8. The summed E-state index contributed by atoms with van der Waals surface area (Å²) in [7, 11) is 1.94. The highest BCUT2D eigenvalue weighted by molar-refractivity contribution is 7.10. The van der Waals surface area contributed by atoms with Crippen LogP contribution in [0.3, 0.4) is 0 Å². The fraction of sp³-hybridized carbons (Fsp3) is 0.438. The second-order valence-electron chi connectivity index (χ2n) is 5.01. The van der Waals surface area contributed by atoms with Gasteiger partial charge in [-0.3, -0.25) is 9.69 Å². The van der Waals surface area contributed by atoms with Gasteiger partial charge in [-0.25, -0.2) is 0 Å². The molecule has 0 spiro atoms. The van der Waals surface area contributed by atoms with E-state index in [4.69, 9.17) is 6.42 Å². The van der Waals surface area contributed by atoms with Gasteiger partial charge < -0.3 is 4.90 Å². The molecule has 4 heteroatoms. The van der Waals surface area contributed by atoms with Crippen molar-refractivity contribution in [3.63, 3.8) is 0 Å². The van der Waals surface area contributed by atoms with Gasteiger partial charge in [0.25, 0.3) is 0 Å². The van der Waals surface area contributed by atoms with Crippen molar-refractivity contribution >= 4 is 17.2 Å². The summed E-state index contributed by atoms with van der Waals surface area (Å²) in [5, 5.41) is 2.07. The van der Waals surface area contributed by atoms with Crippen molar-refractivity contribution in [1.29, 1.82) is 0 Å². The molecule has 106 valence electrons. The van der Waals surface area contributed by atoms with Crippen LogP contribution < -0.4 is 0 Å². The minimum Gasteiger partial charge on any atom is -0.331 e. The normalized spacial score (nSPS) is 18.9. The van der Waals surface area contributed by atoms with Gasteiger partial charge in [0, 0.05) is 24.0 Å². The number of nitrogens with zero attached hydrogens (tertiary/aromatic N) is 2. The molecule has 1 fully saturated rings. The minimum atomic E-state index is 0.106. The summed E-state index contributed by atoms with van der Waals surface area (Å²) in [6, 6.07) is 4.42. The molecule has 3 nitrogen and oxygen atoms in total. The quantitative estimate of drug-likeness (QED) is 0.614. The number of amides is 1. The fourth-order valence-corrected chi connectivity index (χ4v) is 3.33. The number of hydrogen-bond acceptors (Lipinski definition) is 3. The van der Waals surface area contributed by atoms with Crippen LogP contribution in [-0.4, -0.2) is 42.4 Å². The van der Waals surface area contributed by atoms with Crippen LogP contribution in [0.1, 0.15) is 23.8 Å². The van der Waals surface area contributed by atoms with Crippen molar-refractivity contribution in [2.24, 2.45) is 0 Å². The van der Waals surface area contributed by atoms with E-state index in [9.17, 15) is 4.79 Å². The molecule has 1 aliphatic rings. The molecule has 1 aromatic heterocycles. The third-order valence-electron chi connectivity index (χ3n) is 3.45. The lowest BCUT2D eigenvalue weighted by atomic mass is 10.2. The van der Waals surface area contributed by atoms with E-state index in [0.717, 1.165) is 19.4 Å². The molecule has 0 aliphatic carbocycles. The first-order chi connectivity index (χ1) is 9.72. The van der Waals surface area contributed by atoms with E-state index in [1.165, 1.54) is 4.88 Å². The van der Waals surface area contributed by atoms with Crippen LogP contribution in [0.25, 0.3) is 0 Å². The molecule has 1 saturated heterocycles. The lowest BCUT2D eigenvalue weighted by molar-refractivity contribution is -0.126. The molecule has 0 saturated carbocycles. The Kier molecular flexibility index (Phi) is 5.40. The number of rotatable bonds is 5. The van der Waals surface area contributed by atoms with Crippen LogP contribution in [0.15, 0.2) is 29.7 Å². The average molecular weight is 288 g/mol. The summed E-state index contributed by atoms with van der Waals surface area (Å²) < 4.78 is 0. The van der Waals surface area contributed by atoms with Gasteiger partial charge in [0.2, 0.25) is 5.91 Å². The second kappa shape index (κ2) is 7.28. The van der Waals surface area contributed by atoms with Crippen LogP contribution in [0, 0.1) is 12.3 Å². The first-order valence-corrected chi connectivity index (χ1v) is 7.73. The molecule has 1 aromatic rings. The lowest BCUT2D eigenvalue weighted by Gasteiger charge is -2.22. The summed E-state index contributed by atoms with van der Waals surface area (Å²) in [5.41, 5.74) is 0. The number of likely N-dealkylation sites (tertiary alicyclic amines) is 1. The van der Waals surface area contributed by atoms with E-state index in [1.54, 1.807) is 17.4 Å². The minimum absolute atomic E-state index is 0.106. The van der Waals surface area contributed by atoms with Crippen molar-refractivity contribution in [1.82, 2.24) is 9.80 Å². The summed E-state index contributed by atoms with van der Waals surface area (Å²) in [6.07, 6.45) is 11.0. The Hall–Kier alpha value is -1.57. The molecule has 1 atom stereocenters. The van der Waals surface area contributed by atoms with E-state index < -0.39 is 0 Å². The van der Waals surface area contributed by atoms with Crippen molar-refractivity contribution in [2.75, 3.05) is 26.7 Å². The summed E-state index contributed by atoms with van der Waals surface area (Å²) in [5.74, 6) is 2.69. The highest BCUT2D eigenvalue weighted by atomic mass is 32.1. The highest BCUT2D eigenvalue weighted by Crippen LogP contribution is 2.34. The molecule has 0 aromatic carbocycles. The summed E-state index contributed by atoms with van der Waals surface area (Å²) >= 11 is 1.73. The van der Waals surface area contributed by atoms with Gasteiger partial charge in [0.15, 0.2) is 0 Å². The summed E-state index contributed by atoms with van der Waals surface area (Å²) in [6.45, 7) is 2.15. The van der Waals surface area contributed by atoms with E-state index in [2.05, 4.69) is 17.4 Å². The Morgan fingerprint density at radius 1 is 1.70 bits per heavy atom. The molecule has 20 heavy (non-hydrogen) atoms. The molecule has 1 amide bonds. The van der Waals surface area contributed by atoms with Crippen LogP contribution >= 0.6 is 11.3 Å². The Bertz CT molecular complexity index is 501. The van der Waals surface area contributed by atoms with Crippen LogP contribution in [0.5, 0.6) is 0 Å². The predicted molar refractivity (Wildman–Crippen MR) is 83.5 cm³/mol. The lowest BCUT2D eigenvalue weighted by Crippen LogP contribution is -2.28. The molecule has 2 heterocycles. The maximum absolute atomic E-state index is 12.3. The molecule has 1 aliphatic heterocycles. The molecular weight excluding hydrogens is 268 g/mol. The van der Waals surface area contributed by atoms with Crippen molar-refractivity contribution in [2.45, 2.75) is 18.9 Å². The smallest absolute Gasteiger partial charge is 0.246 e. The Morgan fingerprint density at radius 3 is 3.25 bits per heavy atom. The van der Waals surface area contributed by atoms with E-state index in [1.807, 2.05) is 29.0 Å². The number of terminal acetylenes is 1. The van der Waals surface area contributed by atoms with E-state index in [-0.39, 0.29) is 11.9 Å². The number of thiophene rings is 1. The number of carbonyl (C=O) groups excluding carboxylic acids is 1. The first kappa shape index (κ1) is 14.8. The van der Waals surface area contributed by atoms with Gasteiger partial charge >= 0.3 is 0 Å². The zero-order chi connectivity index (χ0) is 14.4. The van der Waals surface area contributed by atoms with Crippen LogP contribution in [0.4, 0.5) is 0 Å². The molecule has 0 N–H and O–H groups in total. The Morgan fingerprint density at radius 2 is 2.55 bits per heavy atom. The predicted octanol–water partition coefficient (Wildman–Crippen LogP) is 2.53. The molecule has 1 unspecified atom stereocenters. The third-order valence-corrected chi connectivity index (χ3v) is 4.42. The van der Waals surface area contributed by atoms with Crippen molar-refractivity contribution in [3.8, 4) is 12.3 Å². The Labute approximate surface area is 124 Å². The van der Waals surface area contributed by atoms with Gasteiger partial charge in [-0.05, 0) is 31.3 Å². The maximum Gasteiger partial charge on any atom is 0.246 e. The topological polar surface area (TPSA) is 23.6 Å². The van der Waals surface area contributed by atoms with Gasteiger partial charge in [-0.2, -0.15) is 0 Å². The van der Waals surface area contributed by atoms with Crippen LogP contribution in [-0.2, 0) is 4.79 Å². The number of hydrogen-bond donors (Lipinski definition) is 0. The highest BCUT2D eigenvalue weighted by Gasteiger charge is 2.29. The largest absolute Gasteiger partial charge is 0.331 e. The van der Waals surface area contributed by atoms with Gasteiger partial charge in [0.1, 0.15) is 0 Å². The standard InChI is InChI=1S/C16H20N2OS/c1-3-10-17(2)11-5-9-16(19)18-12-4-7-14(18)15-8-6-13-20-15/h1,5-6,8-9,13-14H,4,7,10-12H2,2H3/b9-5+. The van der Waals surface area contributed by atoms with Crippen molar-refractivity contribution < 1.29 is 4.79 Å².